The topological polar surface area (TPSA) is 97.0 Å². The fraction of sp³-hybridized carbons (Fsp3) is 0.348. The van der Waals surface area contributed by atoms with Crippen LogP contribution >= 0.6 is 11.6 Å². The molecule has 32 heavy (non-hydrogen) atoms. The Balaban J connectivity index is 1.82. The highest BCUT2D eigenvalue weighted by atomic mass is 35.5. The molecule has 0 fully saturated rings. The number of nitrogens with one attached hydrogen (secondary N) is 2. The van der Waals surface area contributed by atoms with Crippen LogP contribution in [-0.2, 0) is 14.4 Å². The molecule has 3 amide bonds. The van der Waals surface area contributed by atoms with Crippen LogP contribution in [0.4, 0.5) is 5.69 Å². The summed E-state index contributed by atoms with van der Waals surface area (Å²) < 4.78 is 10.6. The smallest absolute Gasteiger partial charge is 0.260 e. The number of halogens is 1. The second-order valence-corrected chi connectivity index (χ2v) is 7.90. The molecule has 2 N–H and O–H groups in total. The maximum atomic E-state index is 12.6. The van der Waals surface area contributed by atoms with Gasteiger partial charge in [0.2, 0.25) is 11.8 Å². The molecule has 8 nitrogen and oxygen atoms in total. The molecule has 0 unspecified atom stereocenters. The highest BCUT2D eigenvalue weighted by molar-refractivity contribution is 6.30. The third-order valence-electron chi connectivity index (χ3n) is 4.27. The molecule has 0 aromatic heterocycles. The van der Waals surface area contributed by atoms with Gasteiger partial charge in [0.05, 0.1) is 20.2 Å². The average molecular weight is 462 g/mol. The molecule has 0 radical (unpaired) electrons. The van der Waals surface area contributed by atoms with Crippen LogP contribution in [0, 0.1) is 5.92 Å². The second-order valence-electron chi connectivity index (χ2n) is 7.46. The van der Waals surface area contributed by atoms with Crippen LogP contribution in [0.2, 0.25) is 5.02 Å². The van der Waals surface area contributed by atoms with Gasteiger partial charge >= 0.3 is 0 Å². The molecule has 2 rings (SSSR count). The van der Waals surface area contributed by atoms with Gasteiger partial charge in [-0.25, -0.2) is 0 Å². The summed E-state index contributed by atoms with van der Waals surface area (Å²) in [5.41, 5.74) is 0.584. The monoisotopic (exact) mass is 461 g/mol. The molecule has 0 aliphatic rings. The summed E-state index contributed by atoms with van der Waals surface area (Å²) in [6, 6.07) is 13.5. The van der Waals surface area contributed by atoms with E-state index in [0.717, 1.165) is 0 Å². The summed E-state index contributed by atoms with van der Waals surface area (Å²) in [5, 5.41) is 5.79. The largest absolute Gasteiger partial charge is 0.497 e. The van der Waals surface area contributed by atoms with Gasteiger partial charge < -0.3 is 25.0 Å². The van der Waals surface area contributed by atoms with Crippen LogP contribution in [-0.4, -0.2) is 56.0 Å². The molecule has 2 aromatic rings. The molecule has 0 heterocycles. The summed E-state index contributed by atoms with van der Waals surface area (Å²) in [7, 11) is 1.56. The summed E-state index contributed by atoms with van der Waals surface area (Å²) in [6.07, 6.45) is 0. The zero-order chi connectivity index (χ0) is 23.5. The number of ether oxygens (including phenoxy) is 2. The number of amides is 3. The molecule has 0 saturated heterocycles. The minimum absolute atomic E-state index is 0.153. The van der Waals surface area contributed by atoms with Crippen LogP contribution in [0.3, 0.4) is 0 Å². The quantitative estimate of drug-likeness (QED) is 0.536. The van der Waals surface area contributed by atoms with E-state index in [-0.39, 0.29) is 37.4 Å². The van der Waals surface area contributed by atoms with Crippen molar-refractivity contribution in [3.05, 3.63) is 53.6 Å². The number of benzene rings is 2. The first kappa shape index (κ1) is 25.0. The molecule has 0 aliphatic carbocycles. The third-order valence-corrected chi connectivity index (χ3v) is 4.52. The minimum Gasteiger partial charge on any atom is -0.497 e. The van der Waals surface area contributed by atoms with E-state index in [1.807, 2.05) is 13.8 Å². The number of nitrogens with zero attached hydrogens (tertiary/aromatic N) is 1. The third kappa shape index (κ3) is 8.85. The zero-order valence-corrected chi connectivity index (χ0v) is 19.1. The van der Waals surface area contributed by atoms with Gasteiger partial charge in [0.1, 0.15) is 11.5 Å². The lowest BCUT2D eigenvalue weighted by atomic mass is 10.2. The van der Waals surface area contributed by atoms with Crippen molar-refractivity contribution in [2.24, 2.45) is 5.92 Å². The predicted molar refractivity (Wildman–Crippen MR) is 123 cm³/mol. The van der Waals surface area contributed by atoms with E-state index in [4.69, 9.17) is 21.1 Å². The van der Waals surface area contributed by atoms with E-state index in [9.17, 15) is 14.4 Å². The van der Waals surface area contributed by atoms with Gasteiger partial charge in [-0.05, 0) is 54.4 Å². The van der Waals surface area contributed by atoms with Crippen LogP contribution < -0.4 is 20.1 Å². The maximum absolute atomic E-state index is 12.6. The van der Waals surface area contributed by atoms with Gasteiger partial charge in [-0.3, -0.25) is 14.4 Å². The first-order valence-electron chi connectivity index (χ1n) is 10.1. The van der Waals surface area contributed by atoms with Gasteiger partial charge in [0.25, 0.3) is 5.91 Å². The second kappa shape index (κ2) is 12.6. The maximum Gasteiger partial charge on any atom is 0.260 e. The number of carbonyl (C=O) groups is 3. The molecule has 0 atom stereocenters. The Hall–Kier alpha value is -3.26. The Morgan fingerprint density at radius 3 is 2.19 bits per heavy atom. The van der Waals surface area contributed by atoms with Crippen molar-refractivity contribution in [1.82, 2.24) is 10.2 Å². The first-order chi connectivity index (χ1) is 15.3. The normalized spacial score (nSPS) is 10.4. The number of anilines is 1. The molecular weight excluding hydrogens is 434 g/mol. The number of hydrogen-bond acceptors (Lipinski definition) is 5. The predicted octanol–water partition coefficient (Wildman–Crippen LogP) is 2.97. The van der Waals surface area contributed by atoms with Crippen molar-refractivity contribution in [2.45, 2.75) is 13.8 Å². The van der Waals surface area contributed by atoms with E-state index in [1.54, 1.807) is 55.6 Å². The zero-order valence-electron chi connectivity index (χ0n) is 18.4. The van der Waals surface area contributed by atoms with Crippen molar-refractivity contribution in [1.29, 1.82) is 0 Å². The fourth-order valence-corrected chi connectivity index (χ4v) is 2.88. The molecule has 0 saturated carbocycles. The van der Waals surface area contributed by atoms with Gasteiger partial charge in [-0.2, -0.15) is 0 Å². The minimum atomic E-state index is -0.435. The lowest BCUT2D eigenvalue weighted by Gasteiger charge is -2.24. The highest BCUT2D eigenvalue weighted by Crippen LogP contribution is 2.16. The lowest BCUT2D eigenvalue weighted by Crippen LogP contribution is -2.45. The van der Waals surface area contributed by atoms with Crippen molar-refractivity contribution in [2.75, 3.05) is 38.7 Å². The Morgan fingerprint density at radius 1 is 0.969 bits per heavy atom. The van der Waals surface area contributed by atoms with E-state index in [2.05, 4.69) is 10.6 Å². The highest BCUT2D eigenvalue weighted by Gasteiger charge is 2.19. The number of rotatable bonds is 11. The van der Waals surface area contributed by atoms with Crippen LogP contribution in [0.1, 0.15) is 13.8 Å². The van der Waals surface area contributed by atoms with Gasteiger partial charge in [0.15, 0.2) is 6.61 Å². The van der Waals surface area contributed by atoms with E-state index >= 15 is 0 Å². The number of carbonyl (C=O) groups excluding carboxylic acids is 3. The van der Waals surface area contributed by atoms with Crippen molar-refractivity contribution in [3.63, 3.8) is 0 Å². The Morgan fingerprint density at radius 2 is 1.59 bits per heavy atom. The molecule has 2 aromatic carbocycles. The van der Waals surface area contributed by atoms with E-state index in [1.165, 1.54) is 4.90 Å². The average Bonchev–Trinajstić information content (AvgIpc) is 2.77. The van der Waals surface area contributed by atoms with Crippen molar-refractivity contribution < 1.29 is 23.9 Å². The van der Waals surface area contributed by atoms with Crippen molar-refractivity contribution in [3.8, 4) is 11.5 Å². The van der Waals surface area contributed by atoms with Crippen molar-refractivity contribution >= 4 is 35.0 Å². The molecule has 0 spiro atoms. The summed E-state index contributed by atoms with van der Waals surface area (Å²) >= 11 is 5.84. The first-order valence-corrected chi connectivity index (χ1v) is 10.5. The summed E-state index contributed by atoms with van der Waals surface area (Å²) in [5.74, 6) is 0.192. The molecule has 172 valence electrons. The molecule has 0 bridgehead atoms. The Labute approximate surface area is 192 Å². The van der Waals surface area contributed by atoms with E-state index < -0.39 is 5.91 Å². The SMILES string of the molecule is COc1ccc(NC(=O)CNC(=O)CN(CC(C)C)C(=O)COc2ccc(Cl)cc2)cc1. The molecule has 0 aliphatic heterocycles. The Kier molecular flexibility index (Phi) is 9.81. The standard InChI is InChI=1S/C23H28ClN3O5/c1-16(2)13-27(23(30)15-32-20-8-4-17(24)5-9-20)14-22(29)25-12-21(28)26-18-6-10-19(31-3)11-7-18/h4-11,16H,12-15H2,1-3H3,(H,25,29)(H,26,28). The van der Waals surface area contributed by atoms with E-state index in [0.29, 0.717) is 28.8 Å². The van der Waals surface area contributed by atoms with Crippen LogP contribution in [0.5, 0.6) is 11.5 Å². The van der Waals surface area contributed by atoms with Gasteiger partial charge in [-0.1, -0.05) is 25.4 Å². The van der Waals surface area contributed by atoms with Crippen LogP contribution in [0.25, 0.3) is 0 Å². The molecular formula is C23H28ClN3O5. The lowest BCUT2D eigenvalue weighted by molar-refractivity contribution is -0.138. The van der Waals surface area contributed by atoms with Gasteiger partial charge in [-0.15, -0.1) is 0 Å². The van der Waals surface area contributed by atoms with Gasteiger partial charge in [0, 0.05) is 17.3 Å². The number of hydrogen-bond donors (Lipinski definition) is 2. The Bertz CT molecular complexity index is 901. The molecule has 9 heteroatoms. The summed E-state index contributed by atoms with van der Waals surface area (Å²) in [6.45, 7) is 3.68. The summed E-state index contributed by atoms with van der Waals surface area (Å²) in [4.78, 5) is 38.4. The fourth-order valence-electron chi connectivity index (χ4n) is 2.75. The number of methoxy groups -OCH3 is 1. The van der Waals surface area contributed by atoms with Crippen LogP contribution in [0.15, 0.2) is 48.5 Å².